The molecule has 1 saturated heterocycles. The number of aromatic nitrogens is 2. The molecule has 17 heavy (non-hydrogen) atoms. The summed E-state index contributed by atoms with van der Waals surface area (Å²) in [7, 11) is 1.62. The van der Waals surface area contributed by atoms with Gasteiger partial charge in [-0.15, -0.1) is 0 Å². The third kappa shape index (κ3) is 3.06. The number of piperidine rings is 1. The van der Waals surface area contributed by atoms with Crippen LogP contribution in [0.2, 0.25) is 0 Å². The molecule has 1 aliphatic heterocycles. The van der Waals surface area contributed by atoms with Gasteiger partial charge >= 0.3 is 0 Å². The average Bonchev–Trinajstić information content (AvgIpc) is 2.40. The van der Waals surface area contributed by atoms with E-state index in [1.807, 2.05) is 6.92 Å². The Bertz CT molecular complexity index is 351. The molecule has 1 aromatic rings. The molecular formula is C12H19N3O2. The third-order valence-corrected chi connectivity index (χ3v) is 2.95. The van der Waals surface area contributed by atoms with Crippen LogP contribution in [0.3, 0.4) is 0 Å². The van der Waals surface area contributed by atoms with Gasteiger partial charge in [0.2, 0.25) is 11.8 Å². The molecule has 5 nitrogen and oxygen atoms in total. The van der Waals surface area contributed by atoms with E-state index in [1.165, 1.54) is 0 Å². The molecule has 2 heterocycles. The van der Waals surface area contributed by atoms with Crippen molar-refractivity contribution in [2.45, 2.75) is 25.9 Å². The van der Waals surface area contributed by atoms with Gasteiger partial charge in [0.15, 0.2) is 0 Å². The molecule has 0 amide bonds. The van der Waals surface area contributed by atoms with Crippen molar-refractivity contribution in [1.82, 2.24) is 9.97 Å². The van der Waals surface area contributed by atoms with Gasteiger partial charge in [0.1, 0.15) is 0 Å². The molecule has 2 rings (SSSR count). The Morgan fingerprint density at radius 2 is 2.18 bits per heavy atom. The summed E-state index contributed by atoms with van der Waals surface area (Å²) < 4.78 is 10.7. The number of anilines is 1. The minimum absolute atomic E-state index is 0.391. The summed E-state index contributed by atoms with van der Waals surface area (Å²) in [6, 6.07) is 1.76. The second kappa shape index (κ2) is 5.82. The molecule has 0 unspecified atom stereocenters. The van der Waals surface area contributed by atoms with Crippen LogP contribution in [0.5, 0.6) is 5.88 Å². The summed E-state index contributed by atoms with van der Waals surface area (Å²) in [6.07, 6.45) is 4.19. The Morgan fingerprint density at radius 1 is 1.41 bits per heavy atom. The third-order valence-electron chi connectivity index (χ3n) is 2.95. The predicted octanol–water partition coefficient (Wildman–Crippen LogP) is 1.49. The number of nitrogens with zero attached hydrogens (tertiary/aromatic N) is 3. The first kappa shape index (κ1) is 12.1. The zero-order valence-corrected chi connectivity index (χ0v) is 10.4. The van der Waals surface area contributed by atoms with E-state index in [2.05, 4.69) is 14.9 Å². The molecule has 1 aromatic heterocycles. The van der Waals surface area contributed by atoms with Gasteiger partial charge in [-0.05, 0) is 19.8 Å². The zero-order chi connectivity index (χ0) is 12.1. The number of ether oxygens (including phenoxy) is 2. The minimum atomic E-state index is 0.391. The lowest BCUT2D eigenvalue weighted by Gasteiger charge is -2.31. The van der Waals surface area contributed by atoms with Crippen LogP contribution in [0, 0.1) is 0 Å². The van der Waals surface area contributed by atoms with Crippen LogP contribution in [0.4, 0.5) is 5.95 Å². The molecule has 1 fully saturated rings. The van der Waals surface area contributed by atoms with E-state index in [9.17, 15) is 0 Å². The molecule has 94 valence electrons. The summed E-state index contributed by atoms with van der Waals surface area (Å²) in [5, 5.41) is 0. The molecular weight excluding hydrogens is 218 g/mol. The second-order valence-corrected chi connectivity index (χ2v) is 4.04. The van der Waals surface area contributed by atoms with Crippen molar-refractivity contribution < 1.29 is 9.47 Å². The van der Waals surface area contributed by atoms with Crippen LogP contribution in [0.25, 0.3) is 0 Å². The van der Waals surface area contributed by atoms with Crippen molar-refractivity contribution in [3.8, 4) is 5.88 Å². The maximum absolute atomic E-state index is 5.62. The molecule has 0 aliphatic carbocycles. The highest BCUT2D eigenvalue weighted by Gasteiger charge is 2.21. The highest BCUT2D eigenvalue weighted by Crippen LogP contribution is 2.19. The van der Waals surface area contributed by atoms with Crippen LogP contribution < -0.4 is 9.64 Å². The molecule has 1 aliphatic rings. The van der Waals surface area contributed by atoms with Crippen molar-refractivity contribution in [2.75, 3.05) is 31.7 Å². The maximum atomic E-state index is 5.62. The van der Waals surface area contributed by atoms with E-state index in [4.69, 9.17) is 9.47 Å². The highest BCUT2D eigenvalue weighted by molar-refractivity contribution is 5.32. The number of hydrogen-bond donors (Lipinski definition) is 0. The van der Waals surface area contributed by atoms with Crippen molar-refractivity contribution in [3.63, 3.8) is 0 Å². The van der Waals surface area contributed by atoms with Gasteiger partial charge in [0.25, 0.3) is 0 Å². The monoisotopic (exact) mass is 237 g/mol. The Kier molecular flexibility index (Phi) is 4.14. The Balaban J connectivity index is 1.95. The van der Waals surface area contributed by atoms with Crippen molar-refractivity contribution in [3.05, 3.63) is 12.3 Å². The van der Waals surface area contributed by atoms with Gasteiger partial charge in [0, 0.05) is 32.0 Å². The van der Waals surface area contributed by atoms with Gasteiger partial charge in [-0.3, -0.25) is 0 Å². The predicted molar refractivity (Wildman–Crippen MR) is 65.4 cm³/mol. The SMILES string of the molecule is CCOC1CCN(c2nccc(OC)n2)CC1. The summed E-state index contributed by atoms with van der Waals surface area (Å²) >= 11 is 0. The fourth-order valence-electron chi connectivity index (χ4n) is 2.06. The van der Waals surface area contributed by atoms with Crippen molar-refractivity contribution in [1.29, 1.82) is 0 Å². The second-order valence-electron chi connectivity index (χ2n) is 4.04. The van der Waals surface area contributed by atoms with Gasteiger partial charge in [-0.1, -0.05) is 0 Å². The zero-order valence-electron chi connectivity index (χ0n) is 10.4. The Morgan fingerprint density at radius 3 is 2.82 bits per heavy atom. The fraction of sp³-hybridized carbons (Fsp3) is 0.667. The van der Waals surface area contributed by atoms with E-state index in [0.29, 0.717) is 12.0 Å². The normalized spacial score (nSPS) is 17.2. The molecule has 0 radical (unpaired) electrons. The first-order valence-electron chi connectivity index (χ1n) is 6.07. The number of methoxy groups -OCH3 is 1. The lowest BCUT2D eigenvalue weighted by atomic mass is 10.1. The first-order chi connectivity index (χ1) is 8.33. The van der Waals surface area contributed by atoms with Gasteiger partial charge in [-0.2, -0.15) is 4.98 Å². The highest BCUT2D eigenvalue weighted by atomic mass is 16.5. The smallest absolute Gasteiger partial charge is 0.228 e. The van der Waals surface area contributed by atoms with Crippen LogP contribution >= 0.6 is 0 Å². The molecule has 0 spiro atoms. The summed E-state index contributed by atoms with van der Waals surface area (Å²) in [4.78, 5) is 10.8. The van der Waals surface area contributed by atoms with E-state index in [0.717, 1.165) is 38.5 Å². The average molecular weight is 237 g/mol. The van der Waals surface area contributed by atoms with Gasteiger partial charge in [0.05, 0.1) is 13.2 Å². The van der Waals surface area contributed by atoms with E-state index < -0.39 is 0 Å². The van der Waals surface area contributed by atoms with Crippen LogP contribution in [-0.2, 0) is 4.74 Å². The molecule has 0 aromatic carbocycles. The largest absolute Gasteiger partial charge is 0.481 e. The maximum Gasteiger partial charge on any atom is 0.228 e. The van der Waals surface area contributed by atoms with Gasteiger partial charge in [-0.25, -0.2) is 4.98 Å². The van der Waals surface area contributed by atoms with E-state index in [-0.39, 0.29) is 0 Å². The Hall–Kier alpha value is -1.36. The Labute approximate surface area is 102 Å². The molecule has 0 bridgehead atoms. The fourth-order valence-corrected chi connectivity index (χ4v) is 2.06. The topological polar surface area (TPSA) is 47.5 Å². The standard InChI is InChI=1S/C12H19N3O2/c1-3-17-10-5-8-15(9-6-10)12-13-7-4-11(14-12)16-2/h4,7,10H,3,5-6,8-9H2,1-2H3. The lowest BCUT2D eigenvalue weighted by Crippen LogP contribution is -2.38. The van der Waals surface area contributed by atoms with Crippen LogP contribution in [0.15, 0.2) is 12.3 Å². The quantitative estimate of drug-likeness (QED) is 0.794. The first-order valence-corrected chi connectivity index (χ1v) is 6.07. The number of rotatable bonds is 4. The molecule has 5 heteroatoms. The van der Waals surface area contributed by atoms with E-state index >= 15 is 0 Å². The lowest BCUT2D eigenvalue weighted by molar-refractivity contribution is 0.0457. The molecule has 0 N–H and O–H groups in total. The van der Waals surface area contributed by atoms with Gasteiger partial charge < -0.3 is 14.4 Å². The molecule has 0 saturated carbocycles. The van der Waals surface area contributed by atoms with E-state index in [1.54, 1.807) is 19.4 Å². The molecule has 0 atom stereocenters. The van der Waals surface area contributed by atoms with Crippen LogP contribution in [-0.4, -0.2) is 42.9 Å². The summed E-state index contributed by atoms with van der Waals surface area (Å²) in [6.45, 7) is 4.72. The van der Waals surface area contributed by atoms with Crippen LogP contribution in [0.1, 0.15) is 19.8 Å². The minimum Gasteiger partial charge on any atom is -0.481 e. The summed E-state index contributed by atoms with van der Waals surface area (Å²) in [5.74, 6) is 1.36. The van der Waals surface area contributed by atoms with Crippen molar-refractivity contribution in [2.24, 2.45) is 0 Å². The summed E-state index contributed by atoms with van der Waals surface area (Å²) in [5.41, 5.74) is 0. The number of hydrogen-bond acceptors (Lipinski definition) is 5. The van der Waals surface area contributed by atoms with Crippen molar-refractivity contribution >= 4 is 5.95 Å².